The zero-order valence-corrected chi connectivity index (χ0v) is 53.6. The molecule has 7 aliphatic carbocycles. The van der Waals surface area contributed by atoms with E-state index in [1.807, 2.05) is 82.4 Å². The Kier molecular flexibility index (Phi) is 16.0. The topological polar surface area (TPSA) is 124 Å². The van der Waals surface area contributed by atoms with Crippen molar-refractivity contribution < 1.29 is 38.1 Å². The smallest absolute Gasteiger partial charge is 0.410 e. The number of hydrogen-bond donors (Lipinski definition) is 0. The number of fused-ring (bicyclic) bond motifs is 12. The Labute approximate surface area is 513 Å². The van der Waals surface area contributed by atoms with E-state index in [9.17, 15) is 19.6 Å². The van der Waals surface area contributed by atoms with Gasteiger partial charge in [-0.25, -0.2) is 14.3 Å². The maximum Gasteiger partial charge on any atom is 0.410 e. The number of amides is 3. The fourth-order valence-corrected chi connectivity index (χ4v) is 21.2. The van der Waals surface area contributed by atoms with Gasteiger partial charge in [0.25, 0.3) is 0 Å². The van der Waals surface area contributed by atoms with Gasteiger partial charge in [-0.1, -0.05) is 130 Å². The third-order valence-corrected chi connectivity index (χ3v) is 25.8. The average molecular weight is 1170 g/mol. The molecule has 5 aliphatic heterocycles. The molecular weight excluding hydrogens is 1070 g/mol. The van der Waals surface area contributed by atoms with Crippen LogP contribution in [0.5, 0.6) is 0 Å². The fourth-order valence-electron chi connectivity index (χ4n) is 21.2. The summed E-state index contributed by atoms with van der Waals surface area (Å²) in [6.07, 6.45) is 23.3. The van der Waals surface area contributed by atoms with Crippen molar-refractivity contribution in [2.75, 3.05) is 27.2 Å². The SMILES string of the molecule is CC1=C2C[C@H]3[C@@H](CCC4=CC(=[N+](C)[O-])CC[C@@]43C)[C@@H]2CC[C@@]2(C1)O[C@@H]1C[C@H](C)CN(C(=O)OCc3ccccc3)[C@H]1[C@H]2C.CC1=C2C[C@H]3[C@@H](CCC4=CN(C)C(=O)CC[C@@]43C)[C@@H]2CC[C@@]2(C1)O[C@@H]1C[C@H](C)CN(C(=O)OCc3ccccc3)[C@H]1[C@H]2C. The van der Waals surface area contributed by atoms with Crippen LogP contribution in [0.3, 0.4) is 0 Å². The van der Waals surface area contributed by atoms with Gasteiger partial charge in [-0.05, 0) is 191 Å². The van der Waals surface area contributed by atoms with Crippen LogP contribution in [0.2, 0.25) is 0 Å². The van der Waals surface area contributed by atoms with Crippen LogP contribution in [0, 0.1) is 75.2 Å². The van der Waals surface area contributed by atoms with Gasteiger partial charge in [0.05, 0.1) is 35.5 Å². The van der Waals surface area contributed by atoms with Crippen molar-refractivity contribution in [2.24, 2.45) is 70.0 Å². The van der Waals surface area contributed by atoms with Crippen LogP contribution >= 0.6 is 0 Å². The third-order valence-electron chi connectivity index (χ3n) is 25.8. The predicted molar refractivity (Wildman–Crippen MR) is 335 cm³/mol. The molecule has 12 nitrogen and oxygen atoms in total. The monoisotopic (exact) mass is 1170 g/mol. The van der Waals surface area contributed by atoms with E-state index in [-0.39, 0.29) is 76.3 Å². The molecule has 4 saturated heterocycles. The second-order valence-corrected chi connectivity index (χ2v) is 30.5. The second-order valence-electron chi connectivity index (χ2n) is 30.5. The lowest BCUT2D eigenvalue weighted by Crippen LogP contribution is -2.54. The first-order chi connectivity index (χ1) is 41.2. The van der Waals surface area contributed by atoms with Crippen molar-refractivity contribution in [1.29, 1.82) is 0 Å². The first-order valence-electron chi connectivity index (χ1n) is 33.8. The lowest BCUT2D eigenvalue weighted by molar-refractivity contribution is -0.423. The number of piperidine rings is 2. The number of nitrogens with zero attached hydrogens (tertiary/aromatic N) is 4. The number of benzene rings is 2. The highest BCUT2D eigenvalue weighted by Crippen LogP contribution is 2.66. The highest BCUT2D eigenvalue weighted by atomic mass is 16.6. The Morgan fingerprint density at radius 3 is 1.57 bits per heavy atom. The van der Waals surface area contributed by atoms with Crippen LogP contribution in [-0.4, -0.2) is 106 Å². The van der Waals surface area contributed by atoms with Crippen molar-refractivity contribution in [1.82, 2.24) is 14.7 Å². The summed E-state index contributed by atoms with van der Waals surface area (Å²) in [4.78, 5) is 45.6. The third kappa shape index (κ3) is 10.3. The quantitative estimate of drug-likeness (QED) is 0.128. The van der Waals surface area contributed by atoms with E-state index in [1.165, 1.54) is 55.2 Å². The van der Waals surface area contributed by atoms with Gasteiger partial charge in [0.2, 0.25) is 5.91 Å². The molecule has 0 unspecified atom stereocenters. The van der Waals surface area contributed by atoms with E-state index < -0.39 is 0 Å². The summed E-state index contributed by atoms with van der Waals surface area (Å²) in [6, 6.07) is 20.1. The minimum absolute atomic E-state index is 0.0600. The van der Waals surface area contributed by atoms with Crippen LogP contribution < -0.4 is 0 Å². The Morgan fingerprint density at radius 1 is 0.640 bits per heavy atom. The predicted octanol–water partition coefficient (Wildman–Crippen LogP) is 15.2. The van der Waals surface area contributed by atoms with E-state index in [2.05, 4.69) is 67.7 Å². The molecule has 3 amide bonds. The van der Waals surface area contributed by atoms with E-state index in [4.69, 9.17) is 18.9 Å². The van der Waals surface area contributed by atoms with Gasteiger partial charge in [-0.3, -0.25) is 4.79 Å². The number of rotatable bonds is 4. The Balaban J connectivity index is 0.000000160. The minimum Gasteiger partial charge on any atom is -0.624 e. The van der Waals surface area contributed by atoms with Crippen molar-refractivity contribution in [3.8, 4) is 0 Å². The molecule has 18 atom stereocenters. The van der Waals surface area contributed by atoms with Gasteiger partial charge in [-0.15, -0.1) is 0 Å². The van der Waals surface area contributed by atoms with Crippen LogP contribution in [0.25, 0.3) is 0 Å². The summed E-state index contributed by atoms with van der Waals surface area (Å²) in [5.41, 5.74) is 12.4. The number of ether oxygens (including phenoxy) is 4. The number of hydrogen-bond acceptors (Lipinski definition) is 8. The van der Waals surface area contributed by atoms with Gasteiger partial charge in [-0.2, -0.15) is 0 Å². The van der Waals surface area contributed by atoms with Crippen LogP contribution in [-0.2, 0) is 37.0 Å². The number of carbonyl (C=O) groups is 3. The molecule has 8 fully saturated rings. The molecule has 2 spiro atoms. The normalized spacial score (nSPS) is 41.1. The summed E-state index contributed by atoms with van der Waals surface area (Å²) in [5.74, 6) is 5.49. The molecule has 0 N–H and O–H groups in total. The van der Waals surface area contributed by atoms with Crippen LogP contribution in [0.15, 0.2) is 106 Å². The number of allylic oxidation sites excluding steroid dienone is 5. The van der Waals surface area contributed by atoms with E-state index in [1.54, 1.807) is 23.8 Å². The first kappa shape index (κ1) is 59.7. The largest absolute Gasteiger partial charge is 0.624 e. The maximum atomic E-state index is 13.5. The standard InChI is InChI=1S/2C37H50N2O4/c1-23-17-32-34(39(20-23)35(41)42-22-26-9-7-6-8-10-26)25(3)37(43-32)16-13-28-29-12-11-27-21-38(5)33(40)14-15-36(27,4)31(29)18-30(28)24(2)19-37;1-23-17-33-34(39(21-23)35(40)42-22-26-9-7-6-8-10-26)25(3)37(43-33)16-14-29-30-12-11-27-18-28(38(5)41)13-15-36(27,4)32(30)19-31(29)24(2)20-37/h6-10,21,23,25,28-29,31-32,34H,11-20,22H2,1-5H3;6-10,18,23,25,29-30,32-34H,11-17,19-22H2,1-5H3/t23-,25+,28-,29-,31-,32+,34-,36-,37-;23-,25+,29-,30-,32-,33+,34-,36-,37-/m00/s1. The molecule has 4 saturated carbocycles. The molecular formula is C74H100N4O8. The summed E-state index contributed by atoms with van der Waals surface area (Å²) in [7, 11) is 3.58. The van der Waals surface area contributed by atoms with Crippen molar-refractivity contribution in [2.45, 2.75) is 220 Å². The molecule has 86 heavy (non-hydrogen) atoms. The molecule has 12 aliphatic rings. The summed E-state index contributed by atoms with van der Waals surface area (Å²) < 4.78 is 27.2. The lowest BCUT2D eigenvalue weighted by atomic mass is 9.56. The zero-order valence-electron chi connectivity index (χ0n) is 53.6. The summed E-state index contributed by atoms with van der Waals surface area (Å²) in [5, 5.41) is 12.1. The molecule has 14 rings (SSSR count). The number of carbonyl (C=O) groups excluding carboxylic acids is 3. The van der Waals surface area contributed by atoms with Gasteiger partial charge in [0, 0.05) is 57.1 Å². The molecule has 2 aromatic rings. The maximum absolute atomic E-state index is 13.5. The number of hydroxylamine groups is 1. The Bertz CT molecular complexity index is 3110. The lowest BCUT2D eigenvalue weighted by Gasteiger charge is -2.48. The zero-order chi connectivity index (χ0) is 60.2. The molecule has 5 heterocycles. The van der Waals surface area contributed by atoms with Crippen LogP contribution in [0.1, 0.15) is 182 Å². The van der Waals surface area contributed by atoms with Crippen LogP contribution in [0.4, 0.5) is 9.59 Å². The van der Waals surface area contributed by atoms with Crippen molar-refractivity contribution >= 4 is 23.8 Å². The van der Waals surface area contributed by atoms with Gasteiger partial charge in [0.1, 0.15) is 20.3 Å². The molecule has 2 aromatic carbocycles. The fraction of sp³-hybridized carbons (Fsp3) is 0.676. The number of likely N-dealkylation sites (tertiary alicyclic amines) is 2. The highest BCUT2D eigenvalue weighted by Gasteiger charge is 2.63. The van der Waals surface area contributed by atoms with Gasteiger partial charge >= 0.3 is 12.2 Å². The average Bonchev–Trinajstić information content (AvgIpc) is 1.72. The Hall–Kier alpha value is -5.20. The molecule has 464 valence electrons. The molecule has 0 aromatic heterocycles. The molecule has 12 heteroatoms. The molecule has 0 radical (unpaired) electrons. The second kappa shape index (κ2) is 23.0. The van der Waals surface area contributed by atoms with E-state index in [0.717, 1.165) is 111 Å². The van der Waals surface area contributed by atoms with Crippen molar-refractivity contribution in [3.05, 3.63) is 123 Å². The van der Waals surface area contributed by atoms with E-state index >= 15 is 0 Å². The summed E-state index contributed by atoms with van der Waals surface area (Å²) in [6.45, 7) is 21.0. The molecule has 0 bridgehead atoms. The summed E-state index contributed by atoms with van der Waals surface area (Å²) >= 11 is 0. The van der Waals surface area contributed by atoms with E-state index in [0.29, 0.717) is 61.1 Å². The first-order valence-corrected chi connectivity index (χ1v) is 33.8. The Morgan fingerprint density at radius 2 is 1.09 bits per heavy atom. The highest BCUT2D eigenvalue weighted by molar-refractivity contribution is 5.93. The van der Waals surface area contributed by atoms with Gasteiger partial charge in [0.15, 0.2) is 5.71 Å². The van der Waals surface area contributed by atoms with Crippen molar-refractivity contribution in [3.63, 3.8) is 0 Å². The minimum atomic E-state index is -0.227. The van der Waals surface area contributed by atoms with Gasteiger partial charge < -0.3 is 38.9 Å².